The van der Waals surface area contributed by atoms with Gasteiger partial charge in [-0.15, -0.1) is 0 Å². The van der Waals surface area contributed by atoms with Crippen molar-refractivity contribution in [3.8, 4) is 0 Å². The summed E-state index contributed by atoms with van der Waals surface area (Å²) in [6.45, 7) is 7.51. The van der Waals surface area contributed by atoms with Crippen LogP contribution in [-0.2, 0) is 9.59 Å². The molecule has 0 aromatic carbocycles. The van der Waals surface area contributed by atoms with Gasteiger partial charge in [-0.1, -0.05) is 13.8 Å². The molecule has 0 saturated carbocycles. The van der Waals surface area contributed by atoms with Crippen LogP contribution in [0.5, 0.6) is 0 Å². The van der Waals surface area contributed by atoms with Crippen LogP contribution in [0.2, 0.25) is 0 Å². The fraction of sp³-hybridized carbons (Fsp3) is 0.750. The minimum Gasteiger partial charge on any atom is -0.480 e. The molecular formula is C12H23N3O4. The van der Waals surface area contributed by atoms with Crippen LogP contribution in [0, 0.1) is 5.92 Å². The molecule has 7 heteroatoms. The van der Waals surface area contributed by atoms with Gasteiger partial charge in [0.25, 0.3) is 0 Å². The molecule has 0 aromatic heterocycles. The van der Waals surface area contributed by atoms with Gasteiger partial charge in [0.15, 0.2) is 0 Å². The van der Waals surface area contributed by atoms with Crippen molar-refractivity contribution >= 4 is 17.9 Å². The van der Waals surface area contributed by atoms with Gasteiger partial charge in [0.05, 0.1) is 0 Å². The summed E-state index contributed by atoms with van der Waals surface area (Å²) >= 11 is 0. The summed E-state index contributed by atoms with van der Waals surface area (Å²) in [6, 6.07) is -1.24. The lowest BCUT2D eigenvalue weighted by molar-refractivity contribution is -0.137. The van der Waals surface area contributed by atoms with Crippen LogP contribution < -0.4 is 10.6 Å². The predicted molar refractivity (Wildman–Crippen MR) is 70.7 cm³/mol. The molecule has 0 radical (unpaired) electrons. The smallest absolute Gasteiger partial charge is 0.323 e. The Kier molecular flexibility index (Phi) is 7.55. The summed E-state index contributed by atoms with van der Waals surface area (Å²) in [5, 5.41) is 13.8. The molecule has 7 nitrogen and oxygen atoms in total. The number of carboxylic acids is 1. The number of nitrogens with zero attached hydrogens (tertiary/aromatic N) is 1. The van der Waals surface area contributed by atoms with Gasteiger partial charge in [0, 0.05) is 13.1 Å². The molecule has 3 N–H and O–H groups in total. The van der Waals surface area contributed by atoms with E-state index in [0.29, 0.717) is 13.1 Å². The predicted octanol–water partition coefficient (Wildman–Crippen LogP) is 0.263. The number of aliphatic carboxylic acids is 1. The number of urea groups is 1. The van der Waals surface area contributed by atoms with Crippen molar-refractivity contribution in [2.24, 2.45) is 5.92 Å². The molecule has 19 heavy (non-hydrogen) atoms. The van der Waals surface area contributed by atoms with E-state index in [1.807, 2.05) is 13.8 Å². The normalized spacial score (nSPS) is 11.8. The first kappa shape index (κ1) is 17.2. The lowest BCUT2D eigenvalue weighted by Gasteiger charge is -2.24. The van der Waals surface area contributed by atoms with Gasteiger partial charge in [-0.25, -0.2) is 4.79 Å². The van der Waals surface area contributed by atoms with Crippen molar-refractivity contribution in [3.63, 3.8) is 0 Å². The number of carbonyl (C=O) groups excluding carboxylic acids is 2. The van der Waals surface area contributed by atoms with E-state index in [-0.39, 0.29) is 18.4 Å². The standard InChI is InChI=1S/C12H23N3O4/c1-5-13-11(18)9(4)14-12(19)15(6-8(2)3)7-10(16)17/h8-9H,5-7H2,1-4H3,(H,13,18)(H,14,19)(H,16,17). The topological polar surface area (TPSA) is 98.7 Å². The second kappa shape index (κ2) is 8.34. The Morgan fingerprint density at radius 2 is 1.79 bits per heavy atom. The van der Waals surface area contributed by atoms with Crippen molar-refractivity contribution < 1.29 is 19.5 Å². The molecule has 0 aliphatic rings. The van der Waals surface area contributed by atoms with E-state index in [1.54, 1.807) is 13.8 Å². The average Bonchev–Trinajstić information content (AvgIpc) is 2.26. The second-order valence-corrected chi connectivity index (χ2v) is 4.73. The molecule has 0 aliphatic heterocycles. The van der Waals surface area contributed by atoms with Crippen LogP contribution in [0.4, 0.5) is 4.79 Å². The van der Waals surface area contributed by atoms with E-state index < -0.39 is 18.0 Å². The zero-order valence-corrected chi connectivity index (χ0v) is 11.9. The van der Waals surface area contributed by atoms with Crippen LogP contribution in [-0.4, -0.2) is 53.6 Å². The largest absolute Gasteiger partial charge is 0.480 e. The van der Waals surface area contributed by atoms with Gasteiger partial charge in [-0.2, -0.15) is 0 Å². The van der Waals surface area contributed by atoms with E-state index in [4.69, 9.17) is 5.11 Å². The van der Waals surface area contributed by atoms with Crippen LogP contribution in [0.15, 0.2) is 0 Å². The molecule has 1 atom stereocenters. The van der Waals surface area contributed by atoms with Gasteiger partial charge in [-0.3, -0.25) is 9.59 Å². The van der Waals surface area contributed by atoms with Gasteiger partial charge >= 0.3 is 12.0 Å². The first-order valence-electron chi connectivity index (χ1n) is 6.32. The Morgan fingerprint density at radius 3 is 2.21 bits per heavy atom. The van der Waals surface area contributed by atoms with Crippen LogP contribution in [0.25, 0.3) is 0 Å². The number of rotatable bonds is 7. The minimum absolute atomic E-state index is 0.143. The first-order valence-corrected chi connectivity index (χ1v) is 6.32. The zero-order valence-electron chi connectivity index (χ0n) is 11.9. The SMILES string of the molecule is CCNC(=O)C(C)NC(=O)N(CC(=O)O)CC(C)C. The van der Waals surface area contributed by atoms with E-state index in [9.17, 15) is 14.4 Å². The highest BCUT2D eigenvalue weighted by molar-refractivity contribution is 5.87. The molecule has 0 bridgehead atoms. The lowest BCUT2D eigenvalue weighted by atomic mass is 10.2. The van der Waals surface area contributed by atoms with Crippen molar-refractivity contribution in [1.82, 2.24) is 15.5 Å². The Morgan fingerprint density at radius 1 is 1.21 bits per heavy atom. The molecular weight excluding hydrogens is 250 g/mol. The third kappa shape index (κ3) is 7.28. The molecule has 3 amide bonds. The van der Waals surface area contributed by atoms with Gasteiger partial charge in [0.2, 0.25) is 5.91 Å². The maximum Gasteiger partial charge on any atom is 0.323 e. The molecule has 110 valence electrons. The van der Waals surface area contributed by atoms with E-state index >= 15 is 0 Å². The number of carboxylic acid groups (broad SMARTS) is 1. The summed E-state index contributed by atoms with van der Waals surface area (Å²) in [6.07, 6.45) is 0. The highest BCUT2D eigenvalue weighted by atomic mass is 16.4. The molecule has 0 heterocycles. The van der Waals surface area contributed by atoms with E-state index in [1.165, 1.54) is 4.90 Å². The summed E-state index contributed by atoms with van der Waals surface area (Å²) < 4.78 is 0. The summed E-state index contributed by atoms with van der Waals surface area (Å²) in [5.74, 6) is -1.23. The summed E-state index contributed by atoms with van der Waals surface area (Å²) in [5.41, 5.74) is 0. The zero-order chi connectivity index (χ0) is 15.0. The molecule has 0 aliphatic carbocycles. The molecule has 0 fully saturated rings. The van der Waals surface area contributed by atoms with Gasteiger partial charge in [-0.05, 0) is 19.8 Å². The Labute approximate surface area is 113 Å². The maximum atomic E-state index is 11.9. The Hall–Kier alpha value is -1.79. The Bertz CT molecular complexity index is 331. The number of nitrogens with one attached hydrogen (secondary N) is 2. The number of carbonyl (C=O) groups is 3. The van der Waals surface area contributed by atoms with Crippen molar-refractivity contribution in [2.45, 2.75) is 33.7 Å². The third-order valence-corrected chi connectivity index (χ3v) is 2.28. The fourth-order valence-corrected chi connectivity index (χ4v) is 1.49. The number of likely N-dealkylation sites (N-methyl/N-ethyl adjacent to an activating group) is 1. The van der Waals surface area contributed by atoms with Crippen LogP contribution >= 0.6 is 0 Å². The average molecular weight is 273 g/mol. The summed E-state index contributed by atoms with van der Waals surface area (Å²) in [4.78, 5) is 35.3. The van der Waals surface area contributed by atoms with Crippen LogP contribution in [0.1, 0.15) is 27.7 Å². The molecule has 0 spiro atoms. The van der Waals surface area contributed by atoms with Crippen molar-refractivity contribution in [3.05, 3.63) is 0 Å². The molecule has 0 aromatic rings. The highest BCUT2D eigenvalue weighted by Gasteiger charge is 2.21. The van der Waals surface area contributed by atoms with Gasteiger partial charge in [0.1, 0.15) is 12.6 Å². The maximum absolute atomic E-state index is 11.9. The lowest BCUT2D eigenvalue weighted by Crippen LogP contribution is -2.51. The summed E-state index contributed by atoms with van der Waals surface area (Å²) in [7, 11) is 0. The second-order valence-electron chi connectivity index (χ2n) is 4.73. The molecule has 1 unspecified atom stereocenters. The van der Waals surface area contributed by atoms with E-state index in [2.05, 4.69) is 10.6 Å². The highest BCUT2D eigenvalue weighted by Crippen LogP contribution is 2.00. The number of amides is 3. The minimum atomic E-state index is -1.08. The van der Waals surface area contributed by atoms with Crippen molar-refractivity contribution in [2.75, 3.05) is 19.6 Å². The quantitative estimate of drug-likeness (QED) is 0.619. The number of hydrogen-bond donors (Lipinski definition) is 3. The van der Waals surface area contributed by atoms with Crippen LogP contribution in [0.3, 0.4) is 0 Å². The monoisotopic (exact) mass is 273 g/mol. The molecule has 0 saturated heterocycles. The van der Waals surface area contributed by atoms with Gasteiger partial charge < -0.3 is 20.6 Å². The van der Waals surface area contributed by atoms with E-state index in [0.717, 1.165) is 0 Å². The number of hydrogen-bond acceptors (Lipinski definition) is 3. The molecule has 0 rings (SSSR count). The Balaban J connectivity index is 4.53. The third-order valence-electron chi connectivity index (χ3n) is 2.28. The first-order chi connectivity index (χ1) is 8.77. The van der Waals surface area contributed by atoms with Crippen molar-refractivity contribution in [1.29, 1.82) is 0 Å². The fourth-order valence-electron chi connectivity index (χ4n) is 1.49.